The van der Waals surface area contributed by atoms with Crippen molar-refractivity contribution in [2.24, 2.45) is 12.5 Å². The van der Waals surface area contributed by atoms with E-state index in [4.69, 9.17) is 0 Å². The Morgan fingerprint density at radius 3 is 2.65 bits per heavy atom. The molecule has 124 valence electrons. The molecule has 0 aliphatic heterocycles. The standard InChI is InChI=1S/C17H25N5O/c1-12-7-6-8-13(9-12)15(17(2,3)4)21-16(23)18-10-14-19-11-20-22(14)5/h6-9,11,15H,10H2,1-5H3,(H2,18,21,23)/t15-/m0/s1. The van der Waals surface area contributed by atoms with Gasteiger partial charge in [0.15, 0.2) is 0 Å². The summed E-state index contributed by atoms with van der Waals surface area (Å²) in [6.07, 6.45) is 1.47. The van der Waals surface area contributed by atoms with E-state index >= 15 is 0 Å². The monoisotopic (exact) mass is 315 g/mol. The minimum atomic E-state index is -0.213. The van der Waals surface area contributed by atoms with Gasteiger partial charge in [0.25, 0.3) is 0 Å². The zero-order valence-corrected chi connectivity index (χ0v) is 14.4. The Morgan fingerprint density at radius 1 is 1.35 bits per heavy atom. The first-order chi connectivity index (χ1) is 10.8. The number of carbonyl (C=O) groups excluding carboxylic acids is 1. The van der Waals surface area contributed by atoms with Gasteiger partial charge in [-0.1, -0.05) is 50.6 Å². The van der Waals surface area contributed by atoms with Crippen LogP contribution in [-0.4, -0.2) is 20.8 Å². The molecule has 0 aliphatic rings. The topological polar surface area (TPSA) is 71.8 Å². The van der Waals surface area contributed by atoms with Crippen LogP contribution >= 0.6 is 0 Å². The zero-order valence-electron chi connectivity index (χ0n) is 14.4. The predicted molar refractivity (Wildman–Crippen MR) is 89.7 cm³/mol. The lowest BCUT2D eigenvalue weighted by Crippen LogP contribution is -2.42. The summed E-state index contributed by atoms with van der Waals surface area (Å²) in [5, 5.41) is 9.90. The van der Waals surface area contributed by atoms with Crippen LogP contribution in [0.5, 0.6) is 0 Å². The Morgan fingerprint density at radius 2 is 2.09 bits per heavy atom. The summed E-state index contributed by atoms with van der Waals surface area (Å²) < 4.78 is 1.64. The van der Waals surface area contributed by atoms with Gasteiger partial charge in [0, 0.05) is 7.05 Å². The Bertz CT molecular complexity index is 672. The molecular weight excluding hydrogens is 290 g/mol. The van der Waals surface area contributed by atoms with E-state index in [0.29, 0.717) is 12.4 Å². The van der Waals surface area contributed by atoms with Gasteiger partial charge in [-0.25, -0.2) is 9.78 Å². The van der Waals surface area contributed by atoms with Crippen LogP contribution in [0.25, 0.3) is 0 Å². The first kappa shape index (κ1) is 17.0. The summed E-state index contributed by atoms with van der Waals surface area (Å²) in [6, 6.07) is 7.93. The fourth-order valence-corrected chi connectivity index (χ4v) is 2.47. The number of rotatable bonds is 4. The lowest BCUT2D eigenvalue weighted by molar-refractivity contribution is 0.218. The van der Waals surface area contributed by atoms with Gasteiger partial charge < -0.3 is 10.6 Å². The number of hydrogen-bond acceptors (Lipinski definition) is 3. The third-order valence-corrected chi connectivity index (χ3v) is 3.73. The van der Waals surface area contributed by atoms with Crippen molar-refractivity contribution in [2.45, 2.75) is 40.3 Å². The van der Waals surface area contributed by atoms with Crippen LogP contribution in [0.2, 0.25) is 0 Å². The molecule has 0 spiro atoms. The van der Waals surface area contributed by atoms with E-state index in [0.717, 1.165) is 5.56 Å². The maximum atomic E-state index is 12.3. The summed E-state index contributed by atoms with van der Waals surface area (Å²) in [7, 11) is 1.80. The lowest BCUT2D eigenvalue weighted by Gasteiger charge is -2.32. The minimum absolute atomic E-state index is 0.0816. The van der Waals surface area contributed by atoms with Crippen molar-refractivity contribution in [3.05, 3.63) is 47.5 Å². The number of nitrogens with one attached hydrogen (secondary N) is 2. The Hall–Kier alpha value is -2.37. The maximum Gasteiger partial charge on any atom is 0.315 e. The van der Waals surface area contributed by atoms with E-state index in [-0.39, 0.29) is 17.5 Å². The minimum Gasteiger partial charge on any atom is -0.331 e. The van der Waals surface area contributed by atoms with Crippen LogP contribution in [0.15, 0.2) is 30.6 Å². The highest BCUT2D eigenvalue weighted by atomic mass is 16.2. The van der Waals surface area contributed by atoms with Crippen molar-refractivity contribution in [3.63, 3.8) is 0 Å². The summed E-state index contributed by atoms with van der Waals surface area (Å²) in [5.74, 6) is 0.711. The molecule has 0 saturated carbocycles. The number of nitrogens with zero attached hydrogens (tertiary/aromatic N) is 3. The van der Waals surface area contributed by atoms with E-state index in [2.05, 4.69) is 60.5 Å². The van der Waals surface area contributed by atoms with Gasteiger partial charge in [-0.05, 0) is 17.9 Å². The molecule has 0 bridgehead atoms. The van der Waals surface area contributed by atoms with Gasteiger partial charge in [-0.15, -0.1) is 0 Å². The molecule has 2 N–H and O–H groups in total. The normalized spacial score (nSPS) is 12.7. The van der Waals surface area contributed by atoms with Crippen molar-refractivity contribution in [3.8, 4) is 0 Å². The van der Waals surface area contributed by atoms with Gasteiger partial charge >= 0.3 is 6.03 Å². The zero-order chi connectivity index (χ0) is 17.0. The molecule has 1 aromatic carbocycles. The lowest BCUT2D eigenvalue weighted by atomic mass is 9.82. The van der Waals surface area contributed by atoms with Crippen molar-refractivity contribution in [2.75, 3.05) is 0 Å². The molecule has 1 heterocycles. The third-order valence-electron chi connectivity index (χ3n) is 3.73. The highest BCUT2D eigenvalue weighted by Crippen LogP contribution is 2.32. The second-order valence-corrected chi connectivity index (χ2v) is 6.84. The van der Waals surface area contributed by atoms with Crippen LogP contribution in [0.3, 0.4) is 0 Å². The molecule has 6 heteroatoms. The van der Waals surface area contributed by atoms with Crippen LogP contribution < -0.4 is 10.6 Å². The van der Waals surface area contributed by atoms with Crippen molar-refractivity contribution in [1.82, 2.24) is 25.4 Å². The Kier molecular flexibility index (Phi) is 5.03. The summed E-state index contributed by atoms with van der Waals surface area (Å²) in [6.45, 7) is 8.74. The first-order valence-corrected chi connectivity index (χ1v) is 7.71. The number of aryl methyl sites for hydroxylation is 2. The van der Waals surface area contributed by atoms with Crippen LogP contribution in [-0.2, 0) is 13.6 Å². The van der Waals surface area contributed by atoms with E-state index in [1.807, 2.05) is 12.1 Å². The third kappa shape index (κ3) is 4.55. The molecule has 23 heavy (non-hydrogen) atoms. The van der Waals surface area contributed by atoms with Crippen LogP contribution in [0.4, 0.5) is 4.79 Å². The summed E-state index contributed by atoms with van der Waals surface area (Å²) >= 11 is 0. The molecule has 2 amide bonds. The van der Waals surface area contributed by atoms with Crippen LogP contribution in [0.1, 0.15) is 43.8 Å². The second-order valence-electron chi connectivity index (χ2n) is 6.84. The SMILES string of the molecule is Cc1cccc([C@H](NC(=O)NCc2ncnn2C)C(C)(C)C)c1. The maximum absolute atomic E-state index is 12.3. The molecule has 0 fully saturated rings. The number of benzene rings is 1. The molecule has 0 aliphatic carbocycles. The van der Waals surface area contributed by atoms with Gasteiger partial charge in [-0.3, -0.25) is 4.68 Å². The fraction of sp³-hybridized carbons (Fsp3) is 0.471. The van der Waals surface area contributed by atoms with E-state index in [1.165, 1.54) is 11.9 Å². The Balaban J connectivity index is 2.06. The van der Waals surface area contributed by atoms with Crippen molar-refractivity contribution < 1.29 is 4.79 Å². The van der Waals surface area contributed by atoms with Gasteiger partial charge in [0.2, 0.25) is 0 Å². The number of hydrogen-bond donors (Lipinski definition) is 2. The number of urea groups is 1. The molecule has 2 rings (SSSR count). The van der Waals surface area contributed by atoms with Gasteiger partial charge in [0.05, 0.1) is 12.6 Å². The summed E-state index contributed by atoms with van der Waals surface area (Å²) in [4.78, 5) is 16.4. The Labute approximate surface area is 137 Å². The number of aromatic nitrogens is 3. The van der Waals surface area contributed by atoms with E-state index in [1.54, 1.807) is 11.7 Å². The number of amides is 2. The molecule has 1 atom stereocenters. The average Bonchev–Trinajstić information content (AvgIpc) is 2.86. The van der Waals surface area contributed by atoms with E-state index < -0.39 is 0 Å². The molecule has 0 unspecified atom stereocenters. The van der Waals surface area contributed by atoms with E-state index in [9.17, 15) is 4.79 Å². The molecule has 6 nitrogen and oxygen atoms in total. The fourth-order valence-electron chi connectivity index (χ4n) is 2.47. The summed E-state index contributed by atoms with van der Waals surface area (Å²) in [5.41, 5.74) is 2.18. The highest BCUT2D eigenvalue weighted by molar-refractivity contribution is 5.74. The average molecular weight is 315 g/mol. The second kappa shape index (κ2) is 6.81. The highest BCUT2D eigenvalue weighted by Gasteiger charge is 2.27. The van der Waals surface area contributed by atoms with Crippen molar-refractivity contribution >= 4 is 6.03 Å². The van der Waals surface area contributed by atoms with Crippen molar-refractivity contribution in [1.29, 1.82) is 0 Å². The molecular formula is C17H25N5O. The largest absolute Gasteiger partial charge is 0.331 e. The molecule has 2 aromatic rings. The van der Waals surface area contributed by atoms with Gasteiger partial charge in [-0.2, -0.15) is 5.10 Å². The number of carbonyl (C=O) groups is 1. The smallest absolute Gasteiger partial charge is 0.315 e. The molecule has 0 saturated heterocycles. The van der Waals surface area contributed by atoms with Gasteiger partial charge in [0.1, 0.15) is 12.2 Å². The molecule has 0 radical (unpaired) electrons. The predicted octanol–water partition coefficient (Wildman–Crippen LogP) is 2.71. The first-order valence-electron chi connectivity index (χ1n) is 7.71. The quantitative estimate of drug-likeness (QED) is 0.911. The molecule has 1 aromatic heterocycles. The van der Waals surface area contributed by atoms with Crippen LogP contribution in [0, 0.1) is 12.3 Å².